The highest BCUT2D eigenvalue weighted by Crippen LogP contribution is 2.53. The van der Waals surface area contributed by atoms with E-state index in [1.54, 1.807) is 0 Å². The number of unbranched alkanes of at least 4 members (excludes halogenated alkanes) is 7. The maximum absolute atomic E-state index is 13.2. The maximum atomic E-state index is 13.2. The molecule has 0 unspecified atom stereocenters. The molecule has 11 heteroatoms. The van der Waals surface area contributed by atoms with Gasteiger partial charge in [0.1, 0.15) is 0 Å². The average Bonchev–Trinajstić information content (AvgIpc) is 2.55. The molecule has 0 saturated carbocycles. The second kappa shape index (κ2) is 11.1. The van der Waals surface area contributed by atoms with Crippen molar-refractivity contribution >= 4 is 5.97 Å². The number of carbonyl (C=O) groups is 1. The summed E-state index contributed by atoms with van der Waals surface area (Å²) >= 11 is 0. The molecule has 2 nitrogen and oxygen atoms in total. The van der Waals surface area contributed by atoms with E-state index in [9.17, 15) is 44.3 Å². The van der Waals surface area contributed by atoms with Crippen LogP contribution in [0.1, 0.15) is 71.1 Å². The van der Waals surface area contributed by atoms with Crippen LogP contribution in [0.2, 0.25) is 0 Å². The minimum atomic E-state index is -6.93. The van der Waals surface area contributed by atoms with Crippen molar-refractivity contribution in [2.75, 3.05) is 6.61 Å². The van der Waals surface area contributed by atoms with Crippen LogP contribution in [0.3, 0.4) is 0 Å². The Morgan fingerprint density at radius 3 is 1.64 bits per heavy atom. The molecule has 168 valence electrons. The second-order valence-corrected chi connectivity index (χ2v) is 6.55. The number of hydrogen-bond donors (Lipinski definition) is 0. The van der Waals surface area contributed by atoms with Gasteiger partial charge in [-0.05, 0) is 6.42 Å². The highest BCUT2D eigenvalue weighted by molar-refractivity contribution is 5.69. The van der Waals surface area contributed by atoms with E-state index >= 15 is 0 Å². The first-order valence-electron chi connectivity index (χ1n) is 9.06. The van der Waals surface area contributed by atoms with E-state index in [4.69, 9.17) is 0 Å². The molecule has 0 saturated heterocycles. The van der Waals surface area contributed by atoms with Gasteiger partial charge in [0.05, 0.1) is 13.0 Å². The zero-order valence-corrected chi connectivity index (χ0v) is 15.5. The number of alkyl halides is 9. The first-order chi connectivity index (χ1) is 12.7. The van der Waals surface area contributed by atoms with Crippen LogP contribution in [0, 0.1) is 0 Å². The Hall–Kier alpha value is -1.16. The normalized spacial score (nSPS) is 13.6. The fourth-order valence-electron chi connectivity index (χ4n) is 2.33. The molecule has 0 aliphatic carbocycles. The Bertz CT molecular complexity index is 462. The van der Waals surface area contributed by atoms with Crippen LogP contribution in [0.5, 0.6) is 0 Å². The van der Waals surface area contributed by atoms with Gasteiger partial charge in [0.15, 0.2) is 0 Å². The molecule has 0 heterocycles. The maximum Gasteiger partial charge on any atom is 0.460 e. The fraction of sp³-hybridized carbons (Fsp3) is 0.941. The summed E-state index contributed by atoms with van der Waals surface area (Å²) in [5.74, 6) is -20.3. The van der Waals surface area contributed by atoms with Crippen molar-refractivity contribution < 1.29 is 49.0 Å². The van der Waals surface area contributed by atoms with Gasteiger partial charge in [-0.2, -0.15) is 39.5 Å². The molecule has 0 rings (SSSR count). The number of rotatable bonds is 14. The fourth-order valence-corrected chi connectivity index (χ4v) is 2.33. The van der Waals surface area contributed by atoms with E-state index in [2.05, 4.69) is 11.7 Å². The first-order valence-corrected chi connectivity index (χ1v) is 9.06. The van der Waals surface area contributed by atoms with E-state index in [1.165, 1.54) is 0 Å². The van der Waals surface area contributed by atoms with Crippen molar-refractivity contribution in [2.24, 2.45) is 0 Å². The Morgan fingerprint density at radius 1 is 0.714 bits per heavy atom. The summed E-state index contributed by atoms with van der Waals surface area (Å²) in [6.07, 6.45) is -1.99. The zero-order valence-electron chi connectivity index (χ0n) is 15.5. The lowest BCUT2D eigenvalue weighted by molar-refractivity contribution is -0.397. The zero-order chi connectivity index (χ0) is 22.1. The van der Waals surface area contributed by atoms with Gasteiger partial charge in [0.25, 0.3) is 0 Å². The topological polar surface area (TPSA) is 26.3 Å². The van der Waals surface area contributed by atoms with Crippen molar-refractivity contribution in [3.05, 3.63) is 0 Å². The Balaban J connectivity index is 4.24. The molecule has 0 bridgehead atoms. The standard InChI is InChI=1S/C17H25F9O2/c1-2-3-4-5-6-7-8-9-10-13(27)28-12-11-14(18,19)15(20,21)16(22,23)17(24,25)26/h2-12H2,1H3. The van der Waals surface area contributed by atoms with Crippen molar-refractivity contribution in [1.29, 1.82) is 0 Å². The number of ether oxygens (including phenoxy) is 1. The lowest BCUT2D eigenvalue weighted by atomic mass is 10.0. The van der Waals surface area contributed by atoms with Crippen LogP contribution < -0.4 is 0 Å². The van der Waals surface area contributed by atoms with Crippen LogP contribution in [0.25, 0.3) is 0 Å². The summed E-state index contributed by atoms with van der Waals surface area (Å²) in [6.45, 7) is 0.677. The van der Waals surface area contributed by atoms with Gasteiger partial charge in [0, 0.05) is 6.42 Å². The van der Waals surface area contributed by atoms with Crippen LogP contribution >= 0.6 is 0 Å². The van der Waals surface area contributed by atoms with E-state index < -0.39 is 42.9 Å². The van der Waals surface area contributed by atoms with Gasteiger partial charge < -0.3 is 4.74 Å². The number of halogens is 9. The summed E-state index contributed by atoms with van der Waals surface area (Å²) in [4.78, 5) is 11.3. The van der Waals surface area contributed by atoms with Gasteiger partial charge in [-0.15, -0.1) is 0 Å². The minimum absolute atomic E-state index is 0.185. The van der Waals surface area contributed by atoms with E-state index in [1.807, 2.05) is 0 Å². The molecule has 0 radical (unpaired) electrons. The van der Waals surface area contributed by atoms with E-state index in [0.29, 0.717) is 12.8 Å². The van der Waals surface area contributed by atoms with Gasteiger partial charge in [-0.1, -0.05) is 51.9 Å². The molecule has 0 atom stereocenters. The summed E-state index contributed by atoms with van der Waals surface area (Å²) in [7, 11) is 0. The monoisotopic (exact) mass is 432 g/mol. The molecule has 0 aliphatic rings. The molecule has 0 aromatic heterocycles. The molecule has 28 heavy (non-hydrogen) atoms. The molecular formula is C17H25F9O2. The Morgan fingerprint density at radius 2 is 1.18 bits per heavy atom. The average molecular weight is 432 g/mol. The van der Waals surface area contributed by atoms with Gasteiger partial charge >= 0.3 is 29.9 Å². The smallest absolute Gasteiger partial charge is 0.460 e. The van der Waals surface area contributed by atoms with E-state index in [0.717, 1.165) is 38.5 Å². The second-order valence-electron chi connectivity index (χ2n) is 6.55. The van der Waals surface area contributed by atoms with Gasteiger partial charge in [-0.25, -0.2) is 0 Å². The largest absolute Gasteiger partial charge is 0.465 e. The molecule has 0 aromatic carbocycles. The number of carbonyl (C=O) groups excluding carboxylic acids is 1. The summed E-state index contributed by atoms with van der Waals surface area (Å²) in [5, 5.41) is 0. The molecular weight excluding hydrogens is 407 g/mol. The molecule has 0 aromatic rings. The molecule has 0 fully saturated rings. The predicted molar refractivity (Wildman–Crippen MR) is 83.7 cm³/mol. The lowest BCUT2D eigenvalue weighted by Crippen LogP contribution is -2.61. The molecule has 0 spiro atoms. The van der Waals surface area contributed by atoms with E-state index in [-0.39, 0.29) is 6.42 Å². The molecule has 0 N–H and O–H groups in total. The number of esters is 1. The highest BCUT2D eigenvalue weighted by Gasteiger charge is 2.81. The summed E-state index contributed by atoms with van der Waals surface area (Å²) in [6, 6.07) is 0. The summed E-state index contributed by atoms with van der Waals surface area (Å²) in [5.41, 5.74) is 0. The SMILES string of the molecule is CCCCCCCCCCC(=O)OCCC(F)(F)C(F)(F)C(F)(F)C(F)(F)F. The van der Waals surface area contributed by atoms with Crippen molar-refractivity contribution in [2.45, 2.75) is 95.1 Å². The van der Waals surface area contributed by atoms with Gasteiger partial charge in [-0.3, -0.25) is 4.79 Å². The molecule has 0 aliphatic heterocycles. The third-order valence-electron chi connectivity index (χ3n) is 4.12. The Kier molecular flexibility index (Phi) is 10.7. The van der Waals surface area contributed by atoms with Crippen LogP contribution in [0.15, 0.2) is 0 Å². The lowest BCUT2D eigenvalue weighted by Gasteiger charge is -2.33. The quantitative estimate of drug-likeness (QED) is 0.169. The number of hydrogen-bond acceptors (Lipinski definition) is 2. The van der Waals surface area contributed by atoms with Crippen LogP contribution in [0.4, 0.5) is 39.5 Å². The highest BCUT2D eigenvalue weighted by atomic mass is 19.4. The predicted octanol–water partition coefficient (Wildman–Crippen LogP) is 6.92. The summed E-state index contributed by atoms with van der Waals surface area (Å²) < 4.78 is 118. The van der Waals surface area contributed by atoms with Crippen molar-refractivity contribution in [3.8, 4) is 0 Å². The van der Waals surface area contributed by atoms with Gasteiger partial charge in [0.2, 0.25) is 0 Å². The minimum Gasteiger partial charge on any atom is -0.465 e. The van der Waals surface area contributed by atoms with Crippen LogP contribution in [-0.2, 0) is 9.53 Å². The van der Waals surface area contributed by atoms with Crippen molar-refractivity contribution in [3.63, 3.8) is 0 Å². The first kappa shape index (κ1) is 26.8. The van der Waals surface area contributed by atoms with Crippen molar-refractivity contribution in [1.82, 2.24) is 0 Å². The Labute approximate surface area is 157 Å². The third kappa shape index (κ3) is 7.69. The van der Waals surface area contributed by atoms with Crippen LogP contribution in [-0.4, -0.2) is 36.5 Å². The third-order valence-corrected chi connectivity index (χ3v) is 4.12. The molecule has 0 amide bonds.